The molecule has 1 amide bonds. The van der Waals surface area contributed by atoms with E-state index in [2.05, 4.69) is 5.32 Å². The molecule has 2 rings (SSSR count). The molecule has 0 saturated heterocycles. The Morgan fingerprint density at radius 2 is 2.31 bits per heavy atom. The first kappa shape index (κ1) is 8.31. The maximum atomic E-state index is 13.2. The second-order valence-corrected chi connectivity index (χ2v) is 2.98. The van der Waals surface area contributed by atoms with E-state index < -0.39 is 5.82 Å². The van der Waals surface area contributed by atoms with Gasteiger partial charge in [-0.25, -0.2) is 4.39 Å². The summed E-state index contributed by atoms with van der Waals surface area (Å²) in [5.74, 6) is -0.734. The van der Waals surface area contributed by atoms with Gasteiger partial charge >= 0.3 is 0 Å². The molecule has 1 aromatic rings. The molecular formula is C8H5ClFNO2. The molecule has 5 heteroatoms. The molecule has 0 bridgehead atoms. The van der Waals surface area contributed by atoms with E-state index >= 15 is 0 Å². The quantitative estimate of drug-likeness (QED) is 0.695. The molecule has 0 spiro atoms. The van der Waals surface area contributed by atoms with Gasteiger partial charge in [-0.2, -0.15) is 0 Å². The topological polar surface area (TPSA) is 38.3 Å². The highest BCUT2D eigenvalue weighted by atomic mass is 35.5. The number of amides is 1. The second kappa shape index (κ2) is 2.88. The lowest BCUT2D eigenvalue weighted by Crippen LogP contribution is -2.26. The highest BCUT2D eigenvalue weighted by Gasteiger charge is 2.20. The van der Waals surface area contributed by atoms with E-state index in [4.69, 9.17) is 16.3 Å². The van der Waals surface area contributed by atoms with Crippen molar-refractivity contribution in [1.82, 2.24) is 0 Å². The molecule has 0 fully saturated rings. The summed E-state index contributed by atoms with van der Waals surface area (Å²) in [6.07, 6.45) is 0. The number of ether oxygens (including phenoxy) is 1. The Kier molecular flexibility index (Phi) is 1.84. The summed E-state index contributed by atoms with van der Waals surface area (Å²) < 4.78 is 18.2. The molecule has 0 unspecified atom stereocenters. The second-order valence-electron chi connectivity index (χ2n) is 2.57. The Balaban J connectivity index is 2.54. The summed E-state index contributed by atoms with van der Waals surface area (Å²) in [5, 5.41) is 2.31. The number of fused-ring (bicyclic) bond motifs is 1. The summed E-state index contributed by atoms with van der Waals surface area (Å²) in [6.45, 7) is -0.0892. The van der Waals surface area contributed by atoms with Gasteiger partial charge in [0, 0.05) is 0 Å². The lowest BCUT2D eigenvalue weighted by Gasteiger charge is -2.18. The number of rotatable bonds is 0. The summed E-state index contributed by atoms with van der Waals surface area (Å²) in [5.41, 5.74) is 0.0174. The number of carbonyl (C=O) groups excluding carboxylic acids is 1. The highest BCUT2D eigenvalue weighted by molar-refractivity contribution is 6.31. The van der Waals surface area contributed by atoms with Crippen molar-refractivity contribution in [2.75, 3.05) is 11.9 Å². The third-order valence-electron chi connectivity index (χ3n) is 1.68. The first-order chi connectivity index (χ1) is 6.18. The molecule has 0 aliphatic carbocycles. The van der Waals surface area contributed by atoms with Gasteiger partial charge in [0.1, 0.15) is 11.4 Å². The molecule has 0 atom stereocenters. The zero-order chi connectivity index (χ0) is 9.42. The monoisotopic (exact) mass is 201 g/mol. The number of nitrogens with one attached hydrogen (secondary N) is 1. The van der Waals surface area contributed by atoms with Crippen LogP contribution in [-0.4, -0.2) is 12.5 Å². The van der Waals surface area contributed by atoms with Crippen LogP contribution in [0.1, 0.15) is 0 Å². The Hall–Kier alpha value is -1.29. The fourth-order valence-electron chi connectivity index (χ4n) is 1.09. The highest BCUT2D eigenvalue weighted by Crippen LogP contribution is 2.33. The normalized spacial score (nSPS) is 14.5. The van der Waals surface area contributed by atoms with Gasteiger partial charge in [0.2, 0.25) is 0 Å². The van der Waals surface area contributed by atoms with Crippen LogP contribution in [-0.2, 0) is 4.79 Å². The van der Waals surface area contributed by atoms with E-state index in [1.165, 1.54) is 12.1 Å². The lowest BCUT2D eigenvalue weighted by atomic mass is 10.2. The van der Waals surface area contributed by atoms with Crippen molar-refractivity contribution < 1.29 is 13.9 Å². The molecule has 0 aromatic heterocycles. The van der Waals surface area contributed by atoms with Crippen molar-refractivity contribution in [3.8, 4) is 5.75 Å². The van der Waals surface area contributed by atoms with E-state index in [1.807, 2.05) is 0 Å². The van der Waals surface area contributed by atoms with E-state index in [1.54, 1.807) is 0 Å². The minimum Gasteiger partial charge on any atom is -0.481 e. The summed E-state index contributed by atoms with van der Waals surface area (Å²) >= 11 is 5.51. The van der Waals surface area contributed by atoms with Crippen molar-refractivity contribution in [2.24, 2.45) is 0 Å². The molecule has 1 aliphatic heterocycles. The van der Waals surface area contributed by atoms with Crippen LogP contribution in [0.4, 0.5) is 10.1 Å². The van der Waals surface area contributed by atoms with E-state index in [0.29, 0.717) is 5.75 Å². The first-order valence-electron chi connectivity index (χ1n) is 3.59. The van der Waals surface area contributed by atoms with Crippen LogP contribution < -0.4 is 10.1 Å². The minimum atomic E-state index is -0.660. The van der Waals surface area contributed by atoms with Crippen molar-refractivity contribution in [3.05, 3.63) is 23.0 Å². The summed E-state index contributed by atoms with van der Waals surface area (Å²) in [7, 11) is 0. The third-order valence-corrected chi connectivity index (χ3v) is 1.97. The third kappa shape index (κ3) is 1.33. The molecule has 1 aliphatic rings. The van der Waals surface area contributed by atoms with Crippen LogP contribution in [0.25, 0.3) is 0 Å². The van der Waals surface area contributed by atoms with Gasteiger partial charge in [-0.1, -0.05) is 11.6 Å². The van der Waals surface area contributed by atoms with Gasteiger partial charge in [-0.3, -0.25) is 4.79 Å². The number of halogens is 2. The number of benzene rings is 1. The fraction of sp³-hybridized carbons (Fsp3) is 0.125. The van der Waals surface area contributed by atoms with Crippen molar-refractivity contribution in [2.45, 2.75) is 0 Å². The maximum absolute atomic E-state index is 13.2. The van der Waals surface area contributed by atoms with Crippen LogP contribution in [0.15, 0.2) is 12.1 Å². The Bertz CT molecular complexity index is 381. The van der Waals surface area contributed by atoms with Gasteiger partial charge in [0.05, 0.1) is 5.02 Å². The SMILES string of the molecule is O=C1COc2ccc(Cl)c(F)c2N1. The Morgan fingerprint density at radius 1 is 1.54 bits per heavy atom. The molecule has 13 heavy (non-hydrogen) atoms. The van der Waals surface area contributed by atoms with E-state index in [9.17, 15) is 9.18 Å². The number of hydrogen-bond acceptors (Lipinski definition) is 2. The summed E-state index contributed by atoms with van der Waals surface area (Å²) in [4.78, 5) is 10.8. The molecule has 1 aromatic carbocycles. The molecule has 1 N–H and O–H groups in total. The zero-order valence-corrected chi connectivity index (χ0v) is 7.19. The van der Waals surface area contributed by atoms with Crippen LogP contribution in [0.5, 0.6) is 5.75 Å². The smallest absolute Gasteiger partial charge is 0.262 e. The Labute approximate surface area is 78.4 Å². The maximum Gasteiger partial charge on any atom is 0.262 e. The molecule has 1 heterocycles. The average Bonchev–Trinajstić information content (AvgIpc) is 2.12. The first-order valence-corrected chi connectivity index (χ1v) is 3.97. The van der Waals surface area contributed by atoms with Gasteiger partial charge in [-0.15, -0.1) is 0 Å². The summed E-state index contributed by atoms with van der Waals surface area (Å²) in [6, 6.07) is 2.90. The van der Waals surface area contributed by atoms with Crippen LogP contribution in [0, 0.1) is 5.82 Å². The predicted octanol–water partition coefficient (Wildman–Crippen LogP) is 1.81. The molecular weight excluding hydrogens is 197 g/mol. The van der Waals surface area contributed by atoms with Gasteiger partial charge in [0.15, 0.2) is 12.4 Å². The number of anilines is 1. The van der Waals surface area contributed by atoms with Gasteiger partial charge in [0.25, 0.3) is 5.91 Å². The van der Waals surface area contributed by atoms with E-state index in [0.717, 1.165) is 0 Å². The number of carbonyl (C=O) groups is 1. The molecule has 0 saturated carbocycles. The van der Waals surface area contributed by atoms with Crippen molar-refractivity contribution >= 4 is 23.2 Å². The lowest BCUT2D eigenvalue weighted by molar-refractivity contribution is -0.118. The van der Waals surface area contributed by atoms with Crippen LogP contribution >= 0.6 is 11.6 Å². The molecule has 0 radical (unpaired) electrons. The van der Waals surface area contributed by atoms with Crippen LogP contribution in [0.3, 0.4) is 0 Å². The standard InChI is InChI=1S/C8H5ClFNO2/c9-4-1-2-5-8(7(4)10)11-6(12)3-13-5/h1-2H,3H2,(H,11,12). The van der Waals surface area contributed by atoms with Crippen molar-refractivity contribution in [3.63, 3.8) is 0 Å². The predicted molar refractivity (Wildman–Crippen MR) is 45.5 cm³/mol. The van der Waals surface area contributed by atoms with Gasteiger partial charge in [-0.05, 0) is 12.1 Å². The minimum absolute atomic E-state index is 0.0174. The molecule has 68 valence electrons. The zero-order valence-electron chi connectivity index (χ0n) is 6.43. The number of hydrogen-bond donors (Lipinski definition) is 1. The Morgan fingerprint density at radius 3 is 3.08 bits per heavy atom. The molecule has 3 nitrogen and oxygen atoms in total. The fourth-order valence-corrected chi connectivity index (χ4v) is 1.25. The van der Waals surface area contributed by atoms with Gasteiger partial charge < -0.3 is 10.1 Å². The van der Waals surface area contributed by atoms with Crippen molar-refractivity contribution in [1.29, 1.82) is 0 Å². The van der Waals surface area contributed by atoms with E-state index in [-0.39, 0.29) is 23.2 Å². The van der Waals surface area contributed by atoms with Crippen LogP contribution in [0.2, 0.25) is 5.02 Å². The largest absolute Gasteiger partial charge is 0.481 e. The average molecular weight is 202 g/mol.